The maximum Gasteiger partial charge on any atom is 0.416 e. The topological polar surface area (TPSA) is 21.7 Å². The Hall–Kier alpha value is -1.92. The molecule has 1 aliphatic heterocycles. The van der Waals surface area contributed by atoms with Gasteiger partial charge in [-0.3, -0.25) is 4.90 Å². The number of alkyl halides is 3. The number of nitrogens with zero attached hydrogens (tertiary/aromatic N) is 1. The summed E-state index contributed by atoms with van der Waals surface area (Å²) in [6.07, 6.45) is -3.90. The molecule has 0 saturated carbocycles. The Morgan fingerprint density at radius 2 is 1.88 bits per heavy atom. The molecule has 0 bridgehead atoms. The van der Waals surface area contributed by atoms with Gasteiger partial charge in [-0.05, 0) is 30.8 Å². The molecule has 0 spiro atoms. The van der Waals surface area contributed by atoms with Gasteiger partial charge in [0.1, 0.15) is 6.10 Å². The number of hydrogen-bond donors (Lipinski definition) is 0. The first-order valence-corrected chi connectivity index (χ1v) is 8.63. The molecule has 0 unspecified atom stereocenters. The van der Waals surface area contributed by atoms with Crippen LogP contribution in [0.3, 0.4) is 0 Å². The van der Waals surface area contributed by atoms with Gasteiger partial charge in [-0.25, -0.2) is 0 Å². The molecule has 3 nitrogen and oxygen atoms in total. The monoisotopic (exact) mass is 385 g/mol. The standard InChI is InChI=1S/C19H19ClF3NO2/c1-24-11-16(12-24)26-18-10-15(20)5-6-17(18)25-8-7-13-3-2-4-14(9-13)19(21,22)23/h2-6,9-10,16H,7-8,11-12H2,1H3. The molecule has 0 N–H and O–H groups in total. The third kappa shape index (κ3) is 4.83. The first kappa shape index (κ1) is 18.9. The average molecular weight is 386 g/mol. The lowest BCUT2D eigenvalue weighted by atomic mass is 10.1. The zero-order valence-corrected chi connectivity index (χ0v) is 15.0. The van der Waals surface area contributed by atoms with Crippen LogP contribution in [0.15, 0.2) is 42.5 Å². The number of likely N-dealkylation sites (N-methyl/N-ethyl adjacent to an activating group) is 1. The van der Waals surface area contributed by atoms with Gasteiger partial charge in [-0.15, -0.1) is 0 Å². The van der Waals surface area contributed by atoms with Gasteiger partial charge in [-0.2, -0.15) is 13.2 Å². The molecule has 26 heavy (non-hydrogen) atoms. The second kappa shape index (κ2) is 7.76. The lowest BCUT2D eigenvalue weighted by Gasteiger charge is -2.36. The number of rotatable bonds is 6. The molecular weight excluding hydrogens is 367 g/mol. The highest BCUT2D eigenvalue weighted by molar-refractivity contribution is 6.30. The highest BCUT2D eigenvalue weighted by Crippen LogP contribution is 2.33. The van der Waals surface area contributed by atoms with Crippen LogP contribution in [0.5, 0.6) is 11.5 Å². The third-order valence-electron chi connectivity index (χ3n) is 4.13. The molecule has 1 aliphatic rings. The van der Waals surface area contributed by atoms with Gasteiger partial charge >= 0.3 is 6.18 Å². The van der Waals surface area contributed by atoms with Crippen LogP contribution < -0.4 is 9.47 Å². The Balaban J connectivity index is 1.61. The van der Waals surface area contributed by atoms with E-state index in [9.17, 15) is 13.2 Å². The van der Waals surface area contributed by atoms with Crippen molar-refractivity contribution in [1.29, 1.82) is 0 Å². The molecule has 0 radical (unpaired) electrons. The highest BCUT2D eigenvalue weighted by Gasteiger charge is 2.30. The molecular formula is C19H19ClF3NO2. The first-order valence-electron chi connectivity index (χ1n) is 8.25. The van der Waals surface area contributed by atoms with Crippen molar-refractivity contribution in [2.24, 2.45) is 0 Å². The second-order valence-corrected chi connectivity index (χ2v) is 6.79. The molecule has 7 heteroatoms. The summed E-state index contributed by atoms with van der Waals surface area (Å²) >= 11 is 6.03. The predicted octanol–water partition coefficient (Wildman–Crippen LogP) is 4.67. The first-order chi connectivity index (χ1) is 12.3. The normalized spacial score (nSPS) is 15.6. The molecule has 0 atom stereocenters. The van der Waals surface area contributed by atoms with Crippen LogP contribution in [-0.2, 0) is 12.6 Å². The van der Waals surface area contributed by atoms with E-state index in [1.807, 2.05) is 7.05 Å². The Morgan fingerprint density at radius 1 is 1.12 bits per heavy atom. The summed E-state index contributed by atoms with van der Waals surface area (Å²) < 4.78 is 49.9. The Labute approximate surface area is 155 Å². The number of likely N-dealkylation sites (tertiary alicyclic amines) is 1. The summed E-state index contributed by atoms with van der Waals surface area (Å²) in [5.41, 5.74) is -0.0866. The largest absolute Gasteiger partial charge is 0.489 e. The fourth-order valence-corrected chi connectivity index (χ4v) is 2.93. The van der Waals surface area contributed by atoms with Gasteiger partial charge in [0, 0.05) is 30.6 Å². The van der Waals surface area contributed by atoms with Crippen LogP contribution in [0.2, 0.25) is 5.02 Å². The summed E-state index contributed by atoms with van der Waals surface area (Å²) in [4.78, 5) is 2.13. The van der Waals surface area contributed by atoms with Gasteiger partial charge in [0.05, 0.1) is 12.2 Å². The molecule has 1 heterocycles. The Morgan fingerprint density at radius 3 is 2.58 bits per heavy atom. The van der Waals surface area contributed by atoms with E-state index in [4.69, 9.17) is 21.1 Å². The highest BCUT2D eigenvalue weighted by atomic mass is 35.5. The van der Waals surface area contributed by atoms with Crippen molar-refractivity contribution in [1.82, 2.24) is 4.90 Å². The fourth-order valence-electron chi connectivity index (χ4n) is 2.77. The van der Waals surface area contributed by atoms with Crippen molar-refractivity contribution in [2.45, 2.75) is 18.7 Å². The van der Waals surface area contributed by atoms with Crippen LogP contribution in [0.25, 0.3) is 0 Å². The zero-order chi connectivity index (χ0) is 18.7. The van der Waals surface area contributed by atoms with Gasteiger partial charge in [0.2, 0.25) is 0 Å². The van der Waals surface area contributed by atoms with Crippen molar-refractivity contribution in [3.05, 3.63) is 58.6 Å². The number of ether oxygens (including phenoxy) is 2. The van der Waals surface area contributed by atoms with Crippen LogP contribution >= 0.6 is 11.6 Å². The maximum atomic E-state index is 12.8. The fraction of sp³-hybridized carbons (Fsp3) is 0.368. The molecule has 0 aliphatic carbocycles. The molecule has 1 fully saturated rings. The van der Waals surface area contributed by atoms with Crippen LogP contribution in [0, 0.1) is 0 Å². The Bertz CT molecular complexity index is 761. The van der Waals surface area contributed by atoms with Crippen LogP contribution in [0.4, 0.5) is 13.2 Å². The number of halogens is 4. The summed E-state index contributed by atoms with van der Waals surface area (Å²) in [5, 5.41) is 0.540. The van der Waals surface area contributed by atoms with Gasteiger partial charge in [0.15, 0.2) is 11.5 Å². The summed E-state index contributed by atoms with van der Waals surface area (Å²) in [7, 11) is 2.00. The van der Waals surface area contributed by atoms with Crippen molar-refractivity contribution in [3.63, 3.8) is 0 Å². The number of hydrogen-bond acceptors (Lipinski definition) is 3. The van der Waals surface area contributed by atoms with Gasteiger partial charge in [0.25, 0.3) is 0 Å². The quantitative estimate of drug-likeness (QED) is 0.721. The molecule has 3 rings (SSSR count). The van der Waals surface area contributed by atoms with E-state index in [1.165, 1.54) is 6.07 Å². The second-order valence-electron chi connectivity index (χ2n) is 6.35. The minimum atomic E-state index is -4.34. The Kier molecular flexibility index (Phi) is 5.63. The minimum Gasteiger partial charge on any atom is -0.489 e. The molecule has 0 aromatic heterocycles. The van der Waals surface area contributed by atoms with E-state index in [-0.39, 0.29) is 12.7 Å². The van der Waals surface area contributed by atoms with Crippen molar-refractivity contribution in [3.8, 4) is 11.5 Å². The van der Waals surface area contributed by atoms with E-state index < -0.39 is 11.7 Å². The smallest absolute Gasteiger partial charge is 0.416 e. The van der Waals surface area contributed by atoms with Crippen molar-refractivity contribution >= 4 is 11.6 Å². The predicted molar refractivity (Wildman–Crippen MR) is 94.0 cm³/mol. The summed E-state index contributed by atoms with van der Waals surface area (Å²) in [6, 6.07) is 10.4. The molecule has 140 valence electrons. The third-order valence-corrected chi connectivity index (χ3v) is 4.37. The molecule has 2 aromatic carbocycles. The van der Waals surface area contributed by atoms with Crippen LogP contribution in [0.1, 0.15) is 11.1 Å². The van der Waals surface area contributed by atoms with Gasteiger partial charge < -0.3 is 9.47 Å². The molecule has 0 amide bonds. The summed E-state index contributed by atoms with van der Waals surface area (Å²) in [5.74, 6) is 1.09. The van der Waals surface area contributed by atoms with E-state index >= 15 is 0 Å². The SMILES string of the molecule is CN1CC(Oc2cc(Cl)ccc2OCCc2cccc(C(F)(F)F)c2)C1. The van der Waals surface area contributed by atoms with E-state index in [0.29, 0.717) is 28.5 Å². The van der Waals surface area contributed by atoms with E-state index in [2.05, 4.69) is 4.90 Å². The lowest BCUT2D eigenvalue weighted by molar-refractivity contribution is -0.137. The average Bonchev–Trinajstić information content (AvgIpc) is 2.55. The van der Waals surface area contributed by atoms with Crippen LogP contribution in [-0.4, -0.2) is 37.7 Å². The van der Waals surface area contributed by atoms with Crippen molar-refractivity contribution < 1.29 is 22.6 Å². The van der Waals surface area contributed by atoms with Gasteiger partial charge in [-0.1, -0.05) is 29.8 Å². The lowest BCUT2D eigenvalue weighted by Crippen LogP contribution is -2.51. The molecule has 2 aromatic rings. The van der Waals surface area contributed by atoms with E-state index in [1.54, 1.807) is 24.3 Å². The molecule has 1 saturated heterocycles. The van der Waals surface area contributed by atoms with E-state index in [0.717, 1.165) is 25.2 Å². The summed E-state index contributed by atoms with van der Waals surface area (Å²) in [6.45, 7) is 1.90. The van der Waals surface area contributed by atoms with Crippen molar-refractivity contribution in [2.75, 3.05) is 26.7 Å². The maximum absolute atomic E-state index is 12.8. The zero-order valence-electron chi connectivity index (χ0n) is 14.2. The minimum absolute atomic E-state index is 0.0873. The number of benzene rings is 2.